The third-order valence-corrected chi connectivity index (χ3v) is 2.00. The van der Waals surface area contributed by atoms with Gasteiger partial charge in [-0.1, -0.05) is 0 Å². The first-order valence-corrected chi connectivity index (χ1v) is 4.94. The van der Waals surface area contributed by atoms with Crippen molar-refractivity contribution in [2.24, 2.45) is 0 Å². The van der Waals surface area contributed by atoms with Crippen LogP contribution in [0.15, 0.2) is 0 Å². The predicted octanol–water partition coefficient (Wildman–Crippen LogP) is 1.53. The average molecular weight is 217 g/mol. The standard InChI is InChI=1S/C10H16FNO3/c1-10(2,3)15-9(14)12-5-4-7(11)8(13)6-12/h7H,4-6H2,1-3H3. The summed E-state index contributed by atoms with van der Waals surface area (Å²) in [5.41, 5.74) is -0.591. The fraction of sp³-hybridized carbons (Fsp3) is 0.800. The van der Waals surface area contributed by atoms with Crippen LogP contribution in [0.1, 0.15) is 27.2 Å². The maximum absolute atomic E-state index is 12.8. The van der Waals surface area contributed by atoms with Gasteiger partial charge >= 0.3 is 6.09 Å². The molecule has 1 rings (SSSR count). The molecule has 1 aliphatic heterocycles. The van der Waals surface area contributed by atoms with Crippen molar-refractivity contribution in [1.82, 2.24) is 4.90 Å². The molecule has 0 bridgehead atoms. The molecular formula is C10H16FNO3. The van der Waals surface area contributed by atoms with Crippen molar-refractivity contribution >= 4 is 11.9 Å². The zero-order valence-corrected chi connectivity index (χ0v) is 9.25. The van der Waals surface area contributed by atoms with Gasteiger partial charge in [-0.25, -0.2) is 9.18 Å². The minimum absolute atomic E-state index is 0.0675. The maximum Gasteiger partial charge on any atom is 0.410 e. The fourth-order valence-corrected chi connectivity index (χ4v) is 1.28. The Morgan fingerprint density at radius 2 is 2.13 bits per heavy atom. The smallest absolute Gasteiger partial charge is 0.410 e. The van der Waals surface area contributed by atoms with E-state index in [1.807, 2.05) is 0 Å². The zero-order valence-electron chi connectivity index (χ0n) is 9.25. The van der Waals surface area contributed by atoms with Gasteiger partial charge in [0.1, 0.15) is 5.60 Å². The van der Waals surface area contributed by atoms with Gasteiger partial charge in [-0.2, -0.15) is 0 Å². The highest BCUT2D eigenvalue weighted by Gasteiger charge is 2.31. The zero-order chi connectivity index (χ0) is 11.6. The van der Waals surface area contributed by atoms with E-state index in [0.717, 1.165) is 0 Å². The molecule has 0 aromatic heterocycles. The maximum atomic E-state index is 12.8. The summed E-state index contributed by atoms with van der Waals surface area (Å²) < 4.78 is 17.9. The van der Waals surface area contributed by atoms with Gasteiger partial charge in [-0.05, 0) is 20.8 Å². The average Bonchev–Trinajstić information content (AvgIpc) is 2.06. The summed E-state index contributed by atoms with van der Waals surface area (Å²) in [6.45, 7) is 5.29. The largest absolute Gasteiger partial charge is 0.444 e. The minimum atomic E-state index is -1.43. The number of Topliss-reactive ketones (excluding diaryl/α,β-unsaturated/α-hetero) is 1. The lowest BCUT2D eigenvalue weighted by atomic mass is 10.1. The molecule has 0 spiro atoms. The van der Waals surface area contributed by atoms with E-state index in [1.165, 1.54) is 4.90 Å². The van der Waals surface area contributed by atoms with Crippen LogP contribution in [-0.2, 0) is 9.53 Å². The molecule has 1 unspecified atom stereocenters. The van der Waals surface area contributed by atoms with Crippen LogP contribution in [0.2, 0.25) is 0 Å². The third-order valence-electron chi connectivity index (χ3n) is 2.00. The van der Waals surface area contributed by atoms with Crippen molar-refractivity contribution in [1.29, 1.82) is 0 Å². The predicted molar refractivity (Wildman–Crippen MR) is 52.3 cm³/mol. The van der Waals surface area contributed by atoms with Crippen LogP contribution < -0.4 is 0 Å². The van der Waals surface area contributed by atoms with E-state index in [2.05, 4.69) is 0 Å². The van der Waals surface area contributed by atoms with E-state index in [4.69, 9.17) is 4.74 Å². The number of alkyl halides is 1. The first-order chi connectivity index (χ1) is 6.79. The summed E-state index contributed by atoms with van der Waals surface area (Å²) in [5.74, 6) is -0.549. The Morgan fingerprint density at radius 3 is 2.60 bits per heavy atom. The number of nitrogens with zero attached hydrogens (tertiary/aromatic N) is 1. The van der Waals surface area contributed by atoms with Crippen molar-refractivity contribution in [3.63, 3.8) is 0 Å². The van der Waals surface area contributed by atoms with Crippen LogP contribution >= 0.6 is 0 Å². The quantitative estimate of drug-likeness (QED) is 0.618. The van der Waals surface area contributed by atoms with E-state index in [-0.39, 0.29) is 19.5 Å². The highest BCUT2D eigenvalue weighted by atomic mass is 19.1. The second-order valence-electron chi connectivity index (χ2n) is 4.62. The number of carbonyl (C=O) groups is 2. The van der Waals surface area contributed by atoms with E-state index >= 15 is 0 Å². The molecule has 0 radical (unpaired) electrons. The van der Waals surface area contributed by atoms with Gasteiger partial charge in [-0.15, -0.1) is 0 Å². The molecule has 15 heavy (non-hydrogen) atoms. The number of carbonyl (C=O) groups excluding carboxylic acids is 2. The van der Waals surface area contributed by atoms with E-state index in [0.29, 0.717) is 0 Å². The molecule has 1 heterocycles. The molecule has 5 heteroatoms. The normalized spacial score (nSPS) is 22.8. The lowest BCUT2D eigenvalue weighted by Gasteiger charge is -2.30. The van der Waals surface area contributed by atoms with Crippen LogP contribution in [0.25, 0.3) is 0 Å². The van der Waals surface area contributed by atoms with E-state index < -0.39 is 23.6 Å². The molecule has 1 fully saturated rings. The molecule has 0 aromatic rings. The topological polar surface area (TPSA) is 46.6 Å². The van der Waals surface area contributed by atoms with Gasteiger partial charge < -0.3 is 9.64 Å². The summed E-state index contributed by atoms with van der Waals surface area (Å²) in [6.07, 6.45) is -1.91. The number of halogens is 1. The van der Waals surface area contributed by atoms with Gasteiger partial charge in [0, 0.05) is 13.0 Å². The monoisotopic (exact) mass is 217 g/mol. The lowest BCUT2D eigenvalue weighted by molar-refractivity contribution is -0.127. The number of hydrogen-bond donors (Lipinski definition) is 0. The number of ketones is 1. The van der Waals surface area contributed by atoms with Gasteiger partial charge in [0.15, 0.2) is 12.0 Å². The molecule has 4 nitrogen and oxygen atoms in total. The van der Waals surface area contributed by atoms with E-state index in [1.54, 1.807) is 20.8 Å². The molecule has 0 aliphatic carbocycles. The number of rotatable bonds is 0. The van der Waals surface area contributed by atoms with Gasteiger partial charge in [0.25, 0.3) is 0 Å². The Kier molecular flexibility index (Phi) is 3.31. The Hall–Kier alpha value is -1.13. The van der Waals surface area contributed by atoms with Crippen LogP contribution in [0.3, 0.4) is 0 Å². The Bertz CT molecular complexity index is 272. The Balaban J connectivity index is 2.52. The number of ether oxygens (including phenoxy) is 1. The lowest BCUT2D eigenvalue weighted by Crippen LogP contribution is -2.46. The highest BCUT2D eigenvalue weighted by Crippen LogP contribution is 2.15. The van der Waals surface area contributed by atoms with Crippen LogP contribution in [0.4, 0.5) is 9.18 Å². The van der Waals surface area contributed by atoms with Gasteiger partial charge in [-0.3, -0.25) is 4.79 Å². The van der Waals surface area contributed by atoms with Crippen LogP contribution in [-0.4, -0.2) is 41.6 Å². The molecule has 0 aromatic carbocycles. The second-order valence-corrected chi connectivity index (χ2v) is 4.62. The first-order valence-electron chi connectivity index (χ1n) is 4.94. The molecule has 1 amide bonds. The number of likely N-dealkylation sites (tertiary alicyclic amines) is 1. The van der Waals surface area contributed by atoms with E-state index in [9.17, 15) is 14.0 Å². The van der Waals surface area contributed by atoms with Crippen LogP contribution in [0.5, 0.6) is 0 Å². The van der Waals surface area contributed by atoms with Crippen LogP contribution in [0, 0.1) is 0 Å². The number of piperidine rings is 1. The summed E-state index contributed by atoms with van der Waals surface area (Å²) in [5, 5.41) is 0. The van der Waals surface area contributed by atoms with Crippen molar-refractivity contribution in [3.05, 3.63) is 0 Å². The molecule has 1 aliphatic rings. The molecular weight excluding hydrogens is 201 g/mol. The SMILES string of the molecule is CC(C)(C)OC(=O)N1CCC(F)C(=O)C1. The number of amides is 1. The fourth-order valence-electron chi connectivity index (χ4n) is 1.28. The molecule has 1 saturated heterocycles. The number of hydrogen-bond acceptors (Lipinski definition) is 3. The van der Waals surface area contributed by atoms with Gasteiger partial charge in [0.05, 0.1) is 6.54 Å². The third kappa shape index (κ3) is 3.49. The minimum Gasteiger partial charge on any atom is -0.444 e. The second kappa shape index (κ2) is 4.16. The molecule has 1 atom stereocenters. The van der Waals surface area contributed by atoms with Gasteiger partial charge in [0.2, 0.25) is 0 Å². The summed E-state index contributed by atoms with van der Waals surface area (Å²) in [6, 6.07) is 0. The Morgan fingerprint density at radius 1 is 1.53 bits per heavy atom. The summed E-state index contributed by atoms with van der Waals surface area (Å²) in [7, 11) is 0. The molecule has 0 saturated carbocycles. The molecule has 0 N–H and O–H groups in total. The van der Waals surface area contributed by atoms with Crippen molar-refractivity contribution < 1.29 is 18.7 Å². The molecule has 86 valence electrons. The first kappa shape index (κ1) is 11.9. The Labute approximate surface area is 88.4 Å². The summed E-state index contributed by atoms with van der Waals surface area (Å²) in [4.78, 5) is 23.8. The summed E-state index contributed by atoms with van der Waals surface area (Å²) >= 11 is 0. The van der Waals surface area contributed by atoms with Crippen molar-refractivity contribution in [2.45, 2.75) is 39.0 Å². The highest BCUT2D eigenvalue weighted by molar-refractivity contribution is 5.88. The van der Waals surface area contributed by atoms with Crippen molar-refractivity contribution in [3.8, 4) is 0 Å². The van der Waals surface area contributed by atoms with Crippen molar-refractivity contribution in [2.75, 3.05) is 13.1 Å².